The van der Waals surface area contributed by atoms with Gasteiger partial charge in [0.25, 0.3) is 0 Å². The molecule has 25 heavy (non-hydrogen) atoms. The molecule has 0 aromatic heterocycles. The predicted molar refractivity (Wildman–Crippen MR) is 95.0 cm³/mol. The number of ether oxygens (including phenoxy) is 3. The van der Waals surface area contributed by atoms with Gasteiger partial charge < -0.3 is 19.5 Å². The minimum Gasteiger partial charge on any atom is -0.497 e. The summed E-state index contributed by atoms with van der Waals surface area (Å²) in [6.07, 6.45) is 3.00. The van der Waals surface area contributed by atoms with E-state index in [4.69, 9.17) is 9.47 Å². The van der Waals surface area contributed by atoms with Gasteiger partial charge in [-0.25, -0.2) is 4.79 Å². The highest BCUT2D eigenvalue weighted by Crippen LogP contribution is 2.25. The van der Waals surface area contributed by atoms with Crippen LogP contribution in [0.3, 0.4) is 0 Å². The zero-order valence-corrected chi connectivity index (χ0v) is 14.2. The molecule has 1 N–H and O–H groups in total. The molecule has 0 fully saturated rings. The second-order valence-corrected chi connectivity index (χ2v) is 5.00. The van der Waals surface area contributed by atoms with Crippen molar-refractivity contribution in [2.75, 3.05) is 26.6 Å². The van der Waals surface area contributed by atoms with Crippen molar-refractivity contribution >= 4 is 23.6 Å². The molecule has 0 heterocycles. The number of hydrogen-bond donors (Lipinski definition) is 1. The van der Waals surface area contributed by atoms with E-state index in [9.17, 15) is 9.59 Å². The molecule has 2 aromatic carbocycles. The van der Waals surface area contributed by atoms with E-state index in [0.29, 0.717) is 28.3 Å². The van der Waals surface area contributed by atoms with E-state index in [1.165, 1.54) is 13.2 Å². The molecule has 6 nitrogen and oxygen atoms in total. The molecular weight excluding hydrogens is 322 g/mol. The number of nitrogens with one attached hydrogen (secondary N) is 1. The largest absolute Gasteiger partial charge is 0.497 e. The molecule has 6 heteroatoms. The van der Waals surface area contributed by atoms with Crippen molar-refractivity contribution in [1.82, 2.24) is 0 Å². The van der Waals surface area contributed by atoms with Gasteiger partial charge in [-0.15, -0.1) is 0 Å². The van der Waals surface area contributed by atoms with Crippen LogP contribution in [-0.2, 0) is 9.53 Å². The Morgan fingerprint density at radius 1 is 1.00 bits per heavy atom. The number of esters is 1. The molecule has 0 saturated heterocycles. The summed E-state index contributed by atoms with van der Waals surface area (Å²) >= 11 is 0. The molecule has 0 radical (unpaired) electrons. The fraction of sp³-hybridized carbons (Fsp3) is 0.158. The molecule has 0 bridgehead atoms. The van der Waals surface area contributed by atoms with E-state index in [2.05, 4.69) is 10.1 Å². The Hall–Kier alpha value is -3.28. The van der Waals surface area contributed by atoms with Crippen LogP contribution in [0.15, 0.2) is 48.5 Å². The highest BCUT2D eigenvalue weighted by Gasteiger charge is 2.07. The minimum absolute atomic E-state index is 0.341. The Morgan fingerprint density at radius 3 is 2.48 bits per heavy atom. The van der Waals surface area contributed by atoms with Crippen LogP contribution in [0.25, 0.3) is 6.08 Å². The lowest BCUT2D eigenvalue weighted by Gasteiger charge is -2.07. The van der Waals surface area contributed by atoms with E-state index in [0.717, 1.165) is 0 Å². The van der Waals surface area contributed by atoms with E-state index in [1.807, 2.05) is 0 Å². The topological polar surface area (TPSA) is 73.9 Å². The third kappa shape index (κ3) is 4.84. The normalized spacial score (nSPS) is 10.4. The van der Waals surface area contributed by atoms with Crippen molar-refractivity contribution in [2.45, 2.75) is 0 Å². The van der Waals surface area contributed by atoms with Gasteiger partial charge in [0.1, 0.15) is 11.5 Å². The first-order valence-corrected chi connectivity index (χ1v) is 7.47. The van der Waals surface area contributed by atoms with Crippen LogP contribution in [0.4, 0.5) is 5.69 Å². The summed E-state index contributed by atoms with van der Waals surface area (Å²) in [4.78, 5) is 23.6. The van der Waals surface area contributed by atoms with E-state index >= 15 is 0 Å². The van der Waals surface area contributed by atoms with Crippen LogP contribution in [0.2, 0.25) is 0 Å². The summed E-state index contributed by atoms with van der Waals surface area (Å²) in [5.74, 6) is 0.476. The molecule has 130 valence electrons. The van der Waals surface area contributed by atoms with Gasteiger partial charge in [-0.3, -0.25) is 4.79 Å². The van der Waals surface area contributed by atoms with E-state index in [-0.39, 0.29) is 5.91 Å². The predicted octanol–water partition coefficient (Wildman–Crippen LogP) is 3.14. The molecule has 0 aliphatic rings. The maximum absolute atomic E-state index is 12.1. The minimum atomic E-state index is -0.465. The van der Waals surface area contributed by atoms with Crippen LogP contribution in [-0.4, -0.2) is 33.2 Å². The quantitative estimate of drug-likeness (QED) is 0.645. The fourth-order valence-electron chi connectivity index (χ4n) is 2.16. The Kier molecular flexibility index (Phi) is 6.17. The summed E-state index contributed by atoms with van der Waals surface area (Å²) in [5, 5.41) is 2.69. The average Bonchev–Trinajstić information content (AvgIpc) is 2.65. The number of anilines is 1. The van der Waals surface area contributed by atoms with Crippen LogP contribution in [0, 0.1) is 0 Å². The van der Waals surface area contributed by atoms with E-state index < -0.39 is 5.97 Å². The molecule has 1 amide bonds. The van der Waals surface area contributed by atoms with Gasteiger partial charge >= 0.3 is 5.97 Å². The summed E-state index contributed by atoms with van der Waals surface area (Å²) in [7, 11) is 4.42. The Balaban J connectivity index is 2.12. The summed E-state index contributed by atoms with van der Waals surface area (Å²) in [6.45, 7) is 0. The molecular formula is C19H19NO5. The van der Waals surface area contributed by atoms with Gasteiger partial charge in [0.15, 0.2) is 0 Å². The van der Waals surface area contributed by atoms with Crippen LogP contribution < -0.4 is 14.8 Å². The van der Waals surface area contributed by atoms with Crippen molar-refractivity contribution in [2.24, 2.45) is 0 Å². The van der Waals surface area contributed by atoms with Gasteiger partial charge in [0.05, 0.1) is 26.9 Å². The third-order valence-electron chi connectivity index (χ3n) is 3.40. The number of benzene rings is 2. The van der Waals surface area contributed by atoms with Crippen molar-refractivity contribution in [3.63, 3.8) is 0 Å². The van der Waals surface area contributed by atoms with Crippen LogP contribution in [0.5, 0.6) is 11.5 Å². The summed E-state index contributed by atoms with van der Waals surface area (Å²) in [6, 6.07) is 11.8. The SMILES string of the molecule is COC(=O)c1cccc(NC(=O)/C=C/c2cc(OC)ccc2OC)c1. The lowest BCUT2D eigenvalue weighted by molar-refractivity contribution is -0.111. The molecule has 0 aliphatic carbocycles. The van der Waals surface area contributed by atoms with Crippen molar-refractivity contribution < 1.29 is 23.8 Å². The number of hydrogen-bond acceptors (Lipinski definition) is 5. The fourth-order valence-corrected chi connectivity index (χ4v) is 2.16. The van der Waals surface area contributed by atoms with Gasteiger partial charge in [0, 0.05) is 17.3 Å². The van der Waals surface area contributed by atoms with Gasteiger partial charge in [0.2, 0.25) is 5.91 Å². The van der Waals surface area contributed by atoms with Crippen molar-refractivity contribution in [3.05, 3.63) is 59.7 Å². The zero-order valence-electron chi connectivity index (χ0n) is 14.2. The first-order chi connectivity index (χ1) is 12.1. The van der Waals surface area contributed by atoms with Crippen molar-refractivity contribution in [3.8, 4) is 11.5 Å². The van der Waals surface area contributed by atoms with Crippen LogP contribution in [0.1, 0.15) is 15.9 Å². The maximum atomic E-state index is 12.1. The Labute approximate surface area is 146 Å². The van der Waals surface area contributed by atoms with Crippen LogP contribution >= 0.6 is 0 Å². The average molecular weight is 341 g/mol. The lowest BCUT2D eigenvalue weighted by atomic mass is 10.1. The maximum Gasteiger partial charge on any atom is 0.337 e. The number of rotatable bonds is 6. The smallest absolute Gasteiger partial charge is 0.337 e. The van der Waals surface area contributed by atoms with Gasteiger partial charge in [-0.2, -0.15) is 0 Å². The zero-order chi connectivity index (χ0) is 18.2. The first-order valence-electron chi connectivity index (χ1n) is 7.47. The molecule has 0 atom stereocenters. The molecule has 2 aromatic rings. The molecule has 0 aliphatic heterocycles. The number of carbonyl (C=O) groups excluding carboxylic acids is 2. The highest BCUT2D eigenvalue weighted by molar-refractivity contribution is 6.02. The molecule has 0 spiro atoms. The molecule has 0 saturated carbocycles. The third-order valence-corrected chi connectivity index (χ3v) is 3.40. The Bertz CT molecular complexity index is 798. The second kappa shape index (κ2) is 8.54. The number of methoxy groups -OCH3 is 3. The monoisotopic (exact) mass is 341 g/mol. The van der Waals surface area contributed by atoms with Crippen molar-refractivity contribution in [1.29, 1.82) is 0 Å². The number of carbonyl (C=O) groups is 2. The Morgan fingerprint density at radius 2 is 1.80 bits per heavy atom. The second-order valence-electron chi connectivity index (χ2n) is 5.00. The summed E-state index contributed by atoms with van der Waals surface area (Å²) < 4.78 is 15.1. The number of amides is 1. The molecule has 0 unspecified atom stereocenters. The summed E-state index contributed by atoms with van der Waals surface area (Å²) in [5.41, 5.74) is 1.56. The first kappa shape index (κ1) is 18.1. The lowest BCUT2D eigenvalue weighted by Crippen LogP contribution is -2.09. The van der Waals surface area contributed by atoms with Gasteiger partial charge in [-0.05, 0) is 42.5 Å². The van der Waals surface area contributed by atoms with Gasteiger partial charge in [-0.1, -0.05) is 6.07 Å². The molecule has 2 rings (SSSR count). The standard InChI is InChI=1S/C19H19NO5/c1-23-16-8-9-17(24-2)13(12-16)7-10-18(21)20-15-6-4-5-14(11-15)19(22)25-3/h4-12H,1-3H3,(H,20,21)/b10-7+. The van der Waals surface area contributed by atoms with E-state index in [1.54, 1.807) is 62.8 Å². The highest BCUT2D eigenvalue weighted by atomic mass is 16.5.